The van der Waals surface area contributed by atoms with E-state index in [9.17, 15) is 4.79 Å². The van der Waals surface area contributed by atoms with E-state index in [1.165, 1.54) is 23.1 Å². The topological polar surface area (TPSA) is 94.9 Å². The molecule has 0 saturated heterocycles. The zero-order valence-corrected chi connectivity index (χ0v) is 10.8. The lowest BCUT2D eigenvalue weighted by Crippen LogP contribution is -2.25. The van der Waals surface area contributed by atoms with Gasteiger partial charge in [0, 0.05) is 0 Å². The Bertz CT molecular complexity index is 554. The lowest BCUT2D eigenvalue weighted by Gasteiger charge is -2.09. The molecule has 0 fully saturated rings. The van der Waals surface area contributed by atoms with E-state index in [2.05, 4.69) is 9.97 Å². The Morgan fingerprint density at radius 3 is 3.00 bits per heavy atom. The lowest BCUT2D eigenvalue weighted by atomic mass is 10.3. The SMILES string of the molecule is CCC(Sc1nc(N)c2ccsc2n1)C(N)=O. The van der Waals surface area contributed by atoms with Crippen LogP contribution in [-0.2, 0) is 4.79 Å². The Balaban J connectivity index is 2.32. The van der Waals surface area contributed by atoms with Crippen LogP contribution >= 0.6 is 23.1 Å². The Labute approximate surface area is 107 Å². The van der Waals surface area contributed by atoms with Gasteiger partial charge in [0.05, 0.1) is 10.6 Å². The largest absolute Gasteiger partial charge is 0.383 e. The quantitative estimate of drug-likeness (QED) is 0.649. The zero-order valence-electron chi connectivity index (χ0n) is 9.21. The first-order chi connectivity index (χ1) is 8.11. The first-order valence-electron chi connectivity index (χ1n) is 5.08. The minimum atomic E-state index is -0.356. The van der Waals surface area contributed by atoms with E-state index in [0.717, 1.165) is 10.2 Å². The average molecular weight is 268 g/mol. The van der Waals surface area contributed by atoms with Gasteiger partial charge in [-0.05, 0) is 17.9 Å². The first kappa shape index (κ1) is 12.1. The molecule has 0 bridgehead atoms. The molecular weight excluding hydrogens is 256 g/mol. The highest BCUT2D eigenvalue weighted by atomic mass is 32.2. The van der Waals surface area contributed by atoms with Crippen molar-refractivity contribution >= 4 is 45.0 Å². The van der Waals surface area contributed by atoms with Crippen LogP contribution in [-0.4, -0.2) is 21.1 Å². The third kappa shape index (κ3) is 2.50. The molecule has 2 rings (SSSR count). The molecule has 7 heteroatoms. The van der Waals surface area contributed by atoms with Gasteiger partial charge in [-0.15, -0.1) is 11.3 Å². The summed E-state index contributed by atoms with van der Waals surface area (Å²) in [5.41, 5.74) is 11.1. The molecule has 0 aromatic carbocycles. The van der Waals surface area contributed by atoms with Crippen LogP contribution in [0.15, 0.2) is 16.6 Å². The number of amides is 1. The number of aromatic nitrogens is 2. The van der Waals surface area contributed by atoms with Crippen LogP contribution in [0, 0.1) is 0 Å². The van der Waals surface area contributed by atoms with Gasteiger partial charge in [-0.1, -0.05) is 18.7 Å². The van der Waals surface area contributed by atoms with E-state index in [-0.39, 0.29) is 11.2 Å². The third-order valence-electron chi connectivity index (χ3n) is 2.27. The van der Waals surface area contributed by atoms with E-state index in [0.29, 0.717) is 17.4 Å². The van der Waals surface area contributed by atoms with Gasteiger partial charge in [-0.2, -0.15) is 0 Å². The molecule has 1 unspecified atom stereocenters. The number of anilines is 1. The Morgan fingerprint density at radius 2 is 2.35 bits per heavy atom. The number of fused-ring (bicyclic) bond motifs is 1. The van der Waals surface area contributed by atoms with Crippen molar-refractivity contribution in [3.05, 3.63) is 11.4 Å². The van der Waals surface area contributed by atoms with E-state index in [4.69, 9.17) is 11.5 Å². The maximum absolute atomic E-state index is 11.2. The monoisotopic (exact) mass is 268 g/mol. The van der Waals surface area contributed by atoms with Gasteiger partial charge in [0.2, 0.25) is 5.91 Å². The molecule has 2 aromatic rings. The molecular formula is C10H12N4OS2. The second-order valence-electron chi connectivity index (χ2n) is 3.45. The molecule has 0 aliphatic carbocycles. The number of hydrogen-bond donors (Lipinski definition) is 2. The second kappa shape index (κ2) is 4.89. The Kier molecular flexibility index (Phi) is 3.49. The number of thiophene rings is 1. The molecule has 5 nitrogen and oxygen atoms in total. The minimum Gasteiger partial charge on any atom is -0.383 e. The summed E-state index contributed by atoms with van der Waals surface area (Å²) in [6.45, 7) is 1.90. The molecule has 0 spiro atoms. The number of carbonyl (C=O) groups excluding carboxylic acids is 1. The van der Waals surface area contributed by atoms with Crippen molar-refractivity contribution in [1.82, 2.24) is 9.97 Å². The number of nitrogens with zero attached hydrogens (tertiary/aromatic N) is 2. The van der Waals surface area contributed by atoms with Crippen LogP contribution in [0.2, 0.25) is 0 Å². The molecule has 1 amide bonds. The van der Waals surface area contributed by atoms with Gasteiger partial charge in [-0.3, -0.25) is 4.79 Å². The van der Waals surface area contributed by atoms with Crippen LogP contribution in [0.5, 0.6) is 0 Å². The molecule has 2 aromatic heterocycles. The van der Waals surface area contributed by atoms with Crippen LogP contribution in [0.25, 0.3) is 10.2 Å². The minimum absolute atomic E-state index is 0.313. The lowest BCUT2D eigenvalue weighted by molar-refractivity contribution is -0.117. The van der Waals surface area contributed by atoms with Crippen molar-refractivity contribution < 1.29 is 4.79 Å². The van der Waals surface area contributed by atoms with Gasteiger partial charge in [0.1, 0.15) is 10.6 Å². The fraction of sp³-hybridized carbons (Fsp3) is 0.300. The summed E-state index contributed by atoms with van der Waals surface area (Å²) in [5, 5.41) is 2.96. The summed E-state index contributed by atoms with van der Waals surface area (Å²) in [7, 11) is 0. The van der Waals surface area contributed by atoms with Crippen molar-refractivity contribution in [2.75, 3.05) is 5.73 Å². The van der Waals surface area contributed by atoms with Gasteiger partial charge in [-0.25, -0.2) is 9.97 Å². The second-order valence-corrected chi connectivity index (χ2v) is 5.51. The van der Waals surface area contributed by atoms with E-state index >= 15 is 0 Å². The maximum Gasteiger partial charge on any atom is 0.231 e. The number of thioether (sulfide) groups is 1. The Morgan fingerprint density at radius 1 is 1.59 bits per heavy atom. The predicted molar refractivity (Wildman–Crippen MR) is 71.0 cm³/mol. The number of rotatable bonds is 4. The summed E-state index contributed by atoms with van der Waals surface area (Å²) >= 11 is 2.76. The number of primary amides is 1. The number of carbonyl (C=O) groups is 1. The third-order valence-corrected chi connectivity index (χ3v) is 4.32. The predicted octanol–water partition coefficient (Wildman–Crippen LogP) is 1.63. The molecule has 0 saturated carbocycles. The molecule has 17 heavy (non-hydrogen) atoms. The van der Waals surface area contributed by atoms with Crippen LogP contribution in [0.4, 0.5) is 5.82 Å². The normalized spacial score (nSPS) is 12.8. The molecule has 2 heterocycles. The molecule has 0 aliphatic rings. The standard InChI is InChI=1S/C10H12N4OS2/c1-2-6(8(12)15)17-10-13-7(11)5-3-4-16-9(5)14-10/h3-4,6H,2H2,1H3,(H2,12,15)(H2,11,13,14). The smallest absolute Gasteiger partial charge is 0.231 e. The highest BCUT2D eigenvalue weighted by molar-refractivity contribution is 8.00. The summed E-state index contributed by atoms with van der Waals surface area (Å²) in [6.07, 6.45) is 0.645. The number of nitrogen functional groups attached to an aromatic ring is 1. The van der Waals surface area contributed by atoms with Crippen molar-refractivity contribution in [3.63, 3.8) is 0 Å². The van der Waals surface area contributed by atoms with E-state index in [1.54, 1.807) is 0 Å². The van der Waals surface area contributed by atoms with Crippen molar-refractivity contribution in [1.29, 1.82) is 0 Å². The zero-order chi connectivity index (χ0) is 12.4. The number of hydrogen-bond acceptors (Lipinski definition) is 6. The van der Waals surface area contributed by atoms with Crippen LogP contribution in [0.3, 0.4) is 0 Å². The molecule has 1 atom stereocenters. The van der Waals surface area contributed by atoms with Gasteiger partial charge in [0.25, 0.3) is 0 Å². The van der Waals surface area contributed by atoms with Gasteiger partial charge >= 0.3 is 0 Å². The summed E-state index contributed by atoms with van der Waals surface area (Å²) in [6, 6.07) is 1.88. The average Bonchev–Trinajstić information content (AvgIpc) is 2.74. The number of nitrogens with two attached hydrogens (primary N) is 2. The fourth-order valence-corrected chi connectivity index (χ4v) is 3.04. The van der Waals surface area contributed by atoms with Gasteiger partial charge in [0.15, 0.2) is 5.16 Å². The highest BCUT2D eigenvalue weighted by Crippen LogP contribution is 2.28. The van der Waals surface area contributed by atoms with E-state index < -0.39 is 0 Å². The Hall–Kier alpha value is -1.34. The van der Waals surface area contributed by atoms with Crippen LogP contribution < -0.4 is 11.5 Å². The maximum atomic E-state index is 11.2. The van der Waals surface area contributed by atoms with Crippen LogP contribution in [0.1, 0.15) is 13.3 Å². The highest BCUT2D eigenvalue weighted by Gasteiger charge is 2.17. The fourth-order valence-electron chi connectivity index (χ4n) is 1.38. The summed E-state index contributed by atoms with van der Waals surface area (Å²) in [5.74, 6) is 0.0871. The first-order valence-corrected chi connectivity index (χ1v) is 6.84. The van der Waals surface area contributed by atoms with Gasteiger partial charge < -0.3 is 11.5 Å². The molecule has 90 valence electrons. The van der Waals surface area contributed by atoms with Crippen molar-refractivity contribution in [3.8, 4) is 0 Å². The molecule has 0 aliphatic heterocycles. The summed E-state index contributed by atoms with van der Waals surface area (Å²) < 4.78 is 0. The van der Waals surface area contributed by atoms with Crippen molar-refractivity contribution in [2.45, 2.75) is 23.8 Å². The van der Waals surface area contributed by atoms with E-state index in [1.807, 2.05) is 18.4 Å². The summed E-state index contributed by atoms with van der Waals surface area (Å²) in [4.78, 5) is 20.5. The van der Waals surface area contributed by atoms with Crippen molar-refractivity contribution in [2.24, 2.45) is 5.73 Å². The molecule has 4 N–H and O–H groups in total. The molecule has 0 radical (unpaired) electrons.